The predicted molar refractivity (Wildman–Crippen MR) is 90.4 cm³/mol. The van der Waals surface area contributed by atoms with Crippen LogP contribution in [-0.4, -0.2) is 36.3 Å². The van der Waals surface area contributed by atoms with Gasteiger partial charge in [0.25, 0.3) is 5.91 Å². The third-order valence-electron chi connectivity index (χ3n) is 5.15. The fourth-order valence-electron chi connectivity index (χ4n) is 3.80. The molecule has 1 aromatic carbocycles. The zero-order valence-electron chi connectivity index (χ0n) is 13.3. The average molecular weight is 335 g/mol. The highest BCUT2D eigenvalue weighted by molar-refractivity contribution is 6.30. The fourth-order valence-corrected chi connectivity index (χ4v) is 3.92. The van der Waals surface area contributed by atoms with E-state index in [2.05, 4.69) is 5.32 Å². The van der Waals surface area contributed by atoms with Gasteiger partial charge in [0, 0.05) is 23.7 Å². The second-order valence-electron chi connectivity index (χ2n) is 6.62. The molecule has 1 saturated heterocycles. The van der Waals surface area contributed by atoms with Gasteiger partial charge in [0.15, 0.2) is 0 Å². The van der Waals surface area contributed by atoms with Crippen LogP contribution in [0, 0.1) is 11.8 Å². The first-order chi connectivity index (χ1) is 11.1. The number of rotatable bonds is 3. The quantitative estimate of drug-likeness (QED) is 0.923. The number of piperidine rings is 1. The molecule has 2 aliphatic rings. The van der Waals surface area contributed by atoms with Crippen LogP contribution in [0.1, 0.15) is 42.5 Å². The average Bonchev–Trinajstić information content (AvgIpc) is 2.59. The predicted octanol–water partition coefficient (Wildman–Crippen LogP) is 3.11. The summed E-state index contributed by atoms with van der Waals surface area (Å²) in [6.45, 7) is 1.76. The number of fused-ring (bicyclic) bond motifs is 1. The lowest BCUT2D eigenvalue weighted by Crippen LogP contribution is -2.48. The van der Waals surface area contributed by atoms with Crippen LogP contribution < -0.4 is 5.32 Å². The van der Waals surface area contributed by atoms with Crippen LogP contribution in [0.5, 0.6) is 0 Å². The van der Waals surface area contributed by atoms with E-state index in [1.807, 2.05) is 4.90 Å². The number of hydrogen-bond donors (Lipinski definition) is 1. The molecule has 0 spiro atoms. The Morgan fingerprint density at radius 3 is 2.52 bits per heavy atom. The zero-order valence-corrected chi connectivity index (χ0v) is 14.0. The van der Waals surface area contributed by atoms with Gasteiger partial charge in [-0.25, -0.2) is 0 Å². The summed E-state index contributed by atoms with van der Waals surface area (Å²) >= 11 is 5.81. The second kappa shape index (κ2) is 7.35. The molecule has 0 radical (unpaired) electrons. The highest BCUT2D eigenvalue weighted by Crippen LogP contribution is 2.35. The summed E-state index contributed by atoms with van der Waals surface area (Å²) in [5.74, 6) is 1.25. The van der Waals surface area contributed by atoms with Gasteiger partial charge < -0.3 is 10.2 Å². The maximum atomic E-state index is 12.4. The van der Waals surface area contributed by atoms with Crippen molar-refractivity contribution in [2.45, 2.75) is 32.1 Å². The van der Waals surface area contributed by atoms with Crippen molar-refractivity contribution in [3.8, 4) is 0 Å². The smallest absolute Gasteiger partial charge is 0.251 e. The Kier molecular flexibility index (Phi) is 5.21. The van der Waals surface area contributed by atoms with Crippen LogP contribution in [-0.2, 0) is 4.79 Å². The van der Waals surface area contributed by atoms with Gasteiger partial charge in [0.05, 0.1) is 6.54 Å². The van der Waals surface area contributed by atoms with E-state index in [1.165, 1.54) is 25.7 Å². The van der Waals surface area contributed by atoms with Crippen molar-refractivity contribution in [1.82, 2.24) is 10.2 Å². The number of amides is 2. The first-order valence-electron chi connectivity index (χ1n) is 8.45. The number of nitrogens with zero attached hydrogens (tertiary/aromatic N) is 1. The monoisotopic (exact) mass is 334 g/mol. The lowest BCUT2D eigenvalue weighted by molar-refractivity contribution is -0.133. The minimum Gasteiger partial charge on any atom is -0.343 e. The van der Waals surface area contributed by atoms with Crippen molar-refractivity contribution >= 4 is 23.4 Å². The third-order valence-corrected chi connectivity index (χ3v) is 5.40. The summed E-state index contributed by atoms with van der Waals surface area (Å²) in [5.41, 5.74) is 0.521. The van der Waals surface area contributed by atoms with Crippen LogP contribution in [0.2, 0.25) is 5.02 Å². The standard InChI is InChI=1S/C18H23ClN2O2/c19-16-7-5-14(6-8-16)18(23)20-11-17(22)21-10-9-13-3-1-2-4-15(13)12-21/h5-8,13,15H,1-4,9-12H2,(H,20,23)/t13-,15+/m1/s1. The van der Waals surface area contributed by atoms with Crippen molar-refractivity contribution < 1.29 is 9.59 Å². The van der Waals surface area contributed by atoms with Crippen molar-refractivity contribution in [2.75, 3.05) is 19.6 Å². The number of halogens is 1. The van der Waals surface area contributed by atoms with Gasteiger partial charge in [-0.05, 0) is 48.9 Å². The number of carbonyl (C=O) groups excluding carboxylic acids is 2. The molecule has 1 aliphatic carbocycles. The van der Waals surface area contributed by atoms with Crippen molar-refractivity contribution in [1.29, 1.82) is 0 Å². The van der Waals surface area contributed by atoms with Crippen LogP contribution in [0.15, 0.2) is 24.3 Å². The van der Waals surface area contributed by atoms with E-state index >= 15 is 0 Å². The Morgan fingerprint density at radius 1 is 1.09 bits per heavy atom. The summed E-state index contributed by atoms with van der Waals surface area (Å²) in [5, 5.41) is 3.31. The summed E-state index contributed by atoms with van der Waals surface area (Å²) in [6, 6.07) is 6.67. The molecule has 4 nitrogen and oxygen atoms in total. The van der Waals surface area contributed by atoms with Crippen LogP contribution in [0.4, 0.5) is 0 Å². The fraction of sp³-hybridized carbons (Fsp3) is 0.556. The van der Waals surface area contributed by atoms with E-state index in [-0.39, 0.29) is 18.4 Å². The largest absolute Gasteiger partial charge is 0.343 e. The van der Waals surface area contributed by atoms with E-state index in [1.54, 1.807) is 24.3 Å². The van der Waals surface area contributed by atoms with Crippen molar-refractivity contribution in [2.24, 2.45) is 11.8 Å². The van der Waals surface area contributed by atoms with Crippen molar-refractivity contribution in [3.63, 3.8) is 0 Å². The summed E-state index contributed by atoms with van der Waals surface area (Å²) in [7, 11) is 0. The van der Waals surface area contributed by atoms with Gasteiger partial charge >= 0.3 is 0 Å². The molecule has 1 saturated carbocycles. The van der Waals surface area contributed by atoms with Gasteiger partial charge in [-0.3, -0.25) is 9.59 Å². The van der Waals surface area contributed by atoms with Crippen molar-refractivity contribution in [3.05, 3.63) is 34.9 Å². The number of benzene rings is 1. The Hall–Kier alpha value is -1.55. The van der Waals surface area contributed by atoms with E-state index in [0.717, 1.165) is 25.4 Å². The van der Waals surface area contributed by atoms with Gasteiger partial charge in [-0.2, -0.15) is 0 Å². The molecule has 1 N–H and O–H groups in total. The molecule has 1 heterocycles. The molecule has 1 aromatic rings. The zero-order chi connectivity index (χ0) is 16.2. The minimum atomic E-state index is -0.234. The maximum Gasteiger partial charge on any atom is 0.251 e. The molecule has 0 aromatic heterocycles. The summed E-state index contributed by atoms with van der Waals surface area (Å²) in [6.07, 6.45) is 6.30. The third kappa shape index (κ3) is 4.05. The molecule has 0 bridgehead atoms. The van der Waals surface area contributed by atoms with Gasteiger partial charge in [-0.1, -0.05) is 30.9 Å². The number of nitrogens with one attached hydrogen (secondary N) is 1. The number of likely N-dealkylation sites (tertiary alicyclic amines) is 1. The highest BCUT2D eigenvalue weighted by atomic mass is 35.5. The Labute approximate surface area is 142 Å². The molecule has 3 rings (SSSR count). The second-order valence-corrected chi connectivity index (χ2v) is 7.06. The Balaban J connectivity index is 1.49. The van der Waals surface area contributed by atoms with E-state index < -0.39 is 0 Å². The summed E-state index contributed by atoms with van der Waals surface area (Å²) in [4.78, 5) is 26.3. The Morgan fingerprint density at radius 2 is 1.78 bits per heavy atom. The molecular formula is C18H23ClN2O2. The first kappa shape index (κ1) is 16.3. The molecule has 0 unspecified atom stereocenters. The van der Waals surface area contributed by atoms with Crippen LogP contribution in [0.3, 0.4) is 0 Å². The number of carbonyl (C=O) groups is 2. The van der Waals surface area contributed by atoms with Gasteiger partial charge in [0.2, 0.25) is 5.91 Å². The topological polar surface area (TPSA) is 49.4 Å². The lowest BCUT2D eigenvalue weighted by atomic mass is 9.75. The molecule has 1 aliphatic heterocycles. The van der Waals surface area contributed by atoms with E-state index in [0.29, 0.717) is 16.5 Å². The van der Waals surface area contributed by atoms with Crippen LogP contribution in [0.25, 0.3) is 0 Å². The molecule has 2 fully saturated rings. The number of hydrogen-bond acceptors (Lipinski definition) is 2. The minimum absolute atomic E-state index is 0.0244. The molecule has 2 atom stereocenters. The van der Waals surface area contributed by atoms with E-state index in [4.69, 9.17) is 11.6 Å². The molecular weight excluding hydrogens is 312 g/mol. The molecule has 124 valence electrons. The molecule has 5 heteroatoms. The van der Waals surface area contributed by atoms with Gasteiger partial charge in [0.1, 0.15) is 0 Å². The Bertz CT molecular complexity index is 573. The lowest BCUT2D eigenvalue weighted by Gasteiger charge is -2.41. The highest BCUT2D eigenvalue weighted by Gasteiger charge is 2.32. The SMILES string of the molecule is O=C(NCC(=O)N1CC[C@H]2CCCC[C@H]2C1)c1ccc(Cl)cc1. The van der Waals surface area contributed by atoms with Crippen LogP contribution >= 0.6 is 11.6 Å². The van der Waals surface area contributed by atoms with Gasteiger partial charge in [-0.15, -0.1) is 0 Å². The molecule has 23 heavy (non-hydrogen) atoms. The first-order valence-corrected chi connectivity index (χ1v) is 8.83. The maximum absolute atomic E-state index is 12.4. The normalized spacial score (nSPS) is 24.0. The van der Waals surface area contributed by atoms with E-state index in [9.17, 15) is 9.59 Å². The molecule has 2 amide bonds. The summed E-state index contributed by atoms with van der Waals surface area (Å²) < 4.78 is 0.